The Morgan fingerprint density at radius 1 is 1.28 bits per heavy atom. The van der Waals surface area contributed by atoms with Crippen LogP contribution in [0.5, 0.6) is 0 Å². The van der Waals surface area contributed by atoms with Crippen molar-refractivity contribution in [3.05, 3.63) is 48.3 Å². The predicted molar refractivity (Wildman–Crippen MR) is 98.6 cm³/mol. The van der Waals surface area contributed by atoms with E-state index in [4.69, 9.17) is 0 Å². The van der Waals surface area contributed by atoms with Crippen LogP contribution in [0.25, 0.3) is 5.69 Å². The van der Waals surface area contributed by atoms with E-state index in [1.54, 1.807) is 10.9 Å². The van der Waals surface area contributed by atoms with Crippen LogP contribution in [0.2, 0.25) is 0 Å². The average Bonchev–Trinajstić information content (AvgIpc) is 3.16. The summed E-state index contributed by atoms with van der Waals surface area (Å²) in [5.74, 6) is 0.212. The van der Waals surface area contributed by atoms with E-state index in [1.807, 2.05) is 57.3 Å². The van der Waals surface area contributed by atoms with Crippen molar-refractivity contribution in [2.24, 2.45) is 5.92 Å². The van der Waals surface area contributed by atoms with Gasteiger partial charge in [-0.25, -0.2) is 9.48 Å². The van der Waals surface area contributed by atoms with Crippen molar-refractivity contribution in [1.29, 1.82) is 0 Å². The highest BCUT2D eigenvalue weighted by molar-refractivity contribution is 5.74. The van der Waals surface area contributed by atoms with E-state index in [0.717, 1.165) is 24.1 Å². The normalized spacial score (nSPS) is 13.5. The molecule has 0 saturated carbocycles. The maximum atomic E-state index is 12.1. The zero-order valence-corrected chi connectivity index (χ0v) is 15.1. The highest BCUT2D eigenvalue weighted by atomic mass is 16.3. The number of rotatable bonds is 8. The standard InChI is InChI=1S/C19H28N4O2/c1-4-15(5-2)18(24)13-20-19(25)22-14(3)16-8-6-9-17(12-16)23-11-7-10-21-23/h6-12,14-15,18,24H,4-5,13H2,1-3H3,(H2,20,22,25). The van der Waals surface area contributed by atoms with Crippen molar-refractivity contribution in [3.63, 3.8) is 0 Å². The first kappa shape index (κ1) is 19.0. The largest absolute Gasteiger partial charge is 0.391 e. The number of hydrogen-bond donors (Lipinski definition) is 3. The number of aromatic nitrogens is 2. The van der Waals surface area contributed by atoms with Gasteiger partial charge in [0.1, 0.15) is 0 Å². The van der Waals surface area contributed by atoms with Crippen LogP contribution in [0.4, 0.5) is 4.79 Å². The number of hydrogen-bond acceptors (Lipinski definition) is 3. The van der Waals surface area contributed by atoms with Crippen molar-refractivity contribution < 1.29 is 9.90 Å². The lowest BCUT2D eigenvalue weighted by Crippen LogP contribution is -2.42. The summed E-state index contributed by atoms with van der Waals surface area (Å²) in [7, 11) is 0. The van der Waals surface area contributed by atoms with Crippen LogP contribution in [0, 0.1) is 5.92 Å². The molecule has 2 unspecified atom stereocenters. The summed E-state index contributed by atoms with van der Waals surface area (Å²) in [4.78, 5) is 12.1. The van der Waals surface area contributed by atoms with Crippen LogP contribution < -0.4 is 10.6 Å². The number of amides is 2. The van der Waals surface area contributed by atoms with Crippen LogP contribution >= 0.6 is 0 Å². The first-order valence-electron chi connectivity index (χ1n) is 8.87. The Morgan fingerprint density at radius 3 is 2.68 bits per heavy atom. The summed E-state index contributed by atoms with van der Waals surface area (Å²) >= 11 is 0. The second kappa shape index (κ2) is 9.22. The molecule has 0 fully saturated rings. The van der Waals surface area contributed by atoms with E-state index >= 15 is 0 Å². The summed E-state index contributed by atoms with van der Waals surface area (Å²) in [6, 6.07) is 9.32. The molecule has 1 aromatic carbocycles. The lowest BCUT2D eigenvalue weighted by Gasteiger charge is -2.21. The van der Waals surface area contributed by atoms with E-state index in [9.17, 15) is 9.90 Å². The van der Waals surface area contributed by atoms with Gasteiger partial charge in [0.25, 0.3) is 0 Å². The summed E-state index contributed by atoms with van der Waals surface area (Å²) in [5.41, 5.74) is 1.93. The third kappa shape index (κ3) is 5.32. The number of nitrogens with one attached hydrogen (secondary N) is 2. The Kier molecular flexibility index (Phi) is 7.01. The Labute approximate surface area is 149 Å². The highest BCUT2D eigenvalue weighted by Crippen LogP contribution is 2.16. The minimum Gasteiger partial charge on any atom is -0.391 e. The van der Waals surface area contributed by atoms with Crippen LogP contribution in [0.3, 0.4) is 0 Å². The molecule has 2 amide bonds. The van der Waals surface area contributed by atoms with Crippen molar-refractivity contribution in [1.82, 2.24) is 20.4 Å². The number of carbonyl (C=O) groups excluding carboxylic acids is 1. The number of aliphatic hydroxyl groups is 1. The summed E-state index contributed by atoms with van der Waals surface area (Å²) in [6.45, 7) is 6.29. The van der Waals surface area contributed by atoms with Crippen molar-refractivity contribution in [2.45, 2.75) is 45.8 Å². The number of urea groups is 1. The molecular formula is C19H28N4O2. The molecule has 2 atom stereocenters. The predicted octanol–water partition coefficient (Wildman–Crippen LogP) is 3.03. The van der Waals surface area contributed by atoms with Crippen molar-refractivity contribution in [2.75, 3.05) is 6.54 Å². The Balaban J connectivity index is 1.90. The zero-order chi connectivity index (χ0) is 18.2. The maximum absolute atomic E-state index is 12.1. The molecule has 25 heavy (non-hydrogen) atoms. The Morgan fingerprint density at radius 2 is 2.04 bits per heavy atom. The maximum Gasteiger partial charge on any atom is 0.315 e. The summed E-state index contributed by atoms with van der Waals surface area (Å²) < 4.78 is 1.78. The van der Waals surface area contributed by atoms with Gasteiger partial charge in [0.2, 0.25) is 0 Å². The lowest BCUT2D eigenvalue weighted by atomic mass is 9.97. The quantitative estimate of drug-likeness (QED) is 0.689. The molecule has 2 aromatic rings. The first-order valence-corrected chi connectivity index (χ1v) is 8.87. The van der Waals surface area contributed by atoms with Gasteiger partial charge in [-0.3, -0.25) is 0 Å². The molecule has 0 saturated heterocycles. The van der Waals surface area contributed by atoms with Gasteiger partial charge in [0.05, 0.1) is 17.8 Å². The smallest absolute Gasteiger partial charge is 0.315 e. The molecule has 0 aliphatic heterocycles. The summed E-state index contributed by atoms with van der Waals surface area (Å²) in [6.07, 6.45) is 4.89. The van der Waals surface area contributed by atoms with Gasteiger partial charge in [-0.2, -0.15) is 5.10 Å². The van der Waals surface area contributed by atoms with Crippen molar-refractivity contribution in [3.8, 4) is 5.69 Å². The molecule has 1 heterocycles. The molecule has 6 nitrogen and oxygen atoms in total. The number of benzene rings is 1. The second-order valence-electron chi connectivity index (χ2n) is 6.27. The van der Waals surface area contributed by atoms with Gasteiger partial charge in [0, 0.05) is 18.9 Å². The Hall–Kier alpha value is -2.34. The van der Waals surface area contributed by atoms with Gasteiger partial charge >= 0.3 is 6.03 Å². The monoisotopic (exact) mass is 344 g/mol. The van der Waals surface area contributed by atoms with Gasteiger partial charge in [-0.1, -0.05) is 38.8 Å². The molecular weight excluding hydrogens is 316 g/mol. The number of carbonyl (C=O) groups is 1. The molecule has 3 N–H and O–H groups in total. The number of nitrogens with zero attached hydrogens (tertiary/aromatic N) is 2. The molecule has 2 rings (SSSR count). The molecule has 0 aliphatic carbocycles. The van der Waals surface area contributed by atoms with E-state index in [-0.39, 0.29) is 24.5 Å². The van der Waals surface area contributed by atoms with Gasteiger partial charge in [0.15, 0.2) is 0 Å². The molecule has 0 radical (unpaired) electrons. The summed E-state index contributed by atoms with van der Waals surface area (Å²) in [5, 5.41) is 20.0. The fraction of sp³-hybridized carbons (Fsp3) is 0.474. The number of aliphatic hydroxyl groups excluding tert-OH is 1. The van der Waals surface area contributed by atoms with Gasteiger partial charge < -0.3 is 15.7 Å². The van der Waals surface area contributed by atoms with Crippen LogP contribution in [0.1, 0.15) is 45.2 Å². The molecule has 136 valence electrons. The van der Waals surface area contributed by atoms with E-state index in [1.165, 1.54) is 0 Å². The lowest BCUT2D eigenvalue weighted by molar-refractivity contribution is 0.103. The van der Waals surface area contributed by atoms with Gasteiger partial charge in [-0.15, -0.1) is 0 Å². The van der Waals surface area contributed by atoms with Crippen LogP contribution in [0.15, 0.2) is 42.7 Å². The fourth-order valence-electron chi connectivity index (χ4n) is 2.89. The molecule has 6 heteroatoms. The van der Waals surface area contributed by atoms with Crippen LogP contribution in [-0.4, -0.2) is 33.6 Å². The SMILES string of the molecule is CCC(CC)C(O)CNC(=O)NC(C)c1cccc(-n2cccn2)c1. The molecule has 1 aromatic heterocycles. The highest BCUT2D eigenvalue weighted by Gasteiger charge is 2.17. The molecule has 0 spiro atoms. The minimum absolute atomic E-state index is 0.152. The fourth-order valence-corrected chi connectivity index (χ4v) is 2.89. The average molecular weight is 344 g/mol. The topological polar surface area (TPSA) is 79.2 Å². The van der Waals surface area contributed by atoms with E-state index in [2.05, 4.69) is 15.7 Å². The molecule has 0 aliphatic rings. The van der Waals surface area contributed by atoms with E-state index in [0.29, 0.717) is 0 Å². The third-order valence-electron chi connectivity index (χ3n) is 4.55. The molecule has 0 bridgehead atoms. The zero-order valence-electron chi connectivity index (χ0n) is 15.1. The van der Waals surface area contributed by atoms with Gasteiger partial charge in [-0.05, 0) is 36.6 Å². The Bertz CT molecular complexity index is 653. The first-order chi connectivity index (χ1) is 12.0. The van der Waals surface area contributed by atoms with E-state index < -0.39 is 6.10 Å². The second-order valence-corrected chi connectivity index (χ2v) is 6.27. The third-order valence-corrected chi connectivity index (χ3v) is 4.55. The van der Waals surface area contributed by atoms with Crippen molar-refractivity contribution >= 4 is 6.03 Å². The van der Waals surface area contributed by atoms with Crippen LogP contribution in [-0.2, 0) is 0 Å². The minimum atomic E-state index is -0.515.